The Morgan fingerprint density at radius 3 is 2.82 bits per heavy atom. The van der Waals surface area contributed by atoms with Crippen molar-refractivity contribution in [1.82, 2.24) is 9.97 Å². The van der Waals surface area contributed by atoms with Crippen molar-refractivity contribution >= 4 is 44.2 Å². The van der Waals surface area contributed by atoms with Gasteiger partial charge in [-0.25, -0.2) is 18.4 Å². The third-order valence-electron chi connectivity index (χ3n) is 4.80. The van der Waals surface area contributed by atoms with Crippen LogP contribution in [-0.4, -0.2) is 42.2 Å². The lowest BCUT2D eigenvalue weighted by atomic mass is 10.1. The molecule has 6 nitrogen and oxygen atoms in total. The summed E-state index contributed by atoms with van der Waals surface area (Å²) in [6.07, 6.45) is 2.13. The highest BCUT2D eigenvalue weighted by atomic mass is 32.2. The summed E-state index contributed by atoms with van der Waals surface area (Å²) < 4.78 is 25.8. The Bertz CT molecular complexity index is 1160. The molecule has 1 aromatic heterocycles. The number of Topliss-reactive ketones (excluding diaryl/α,β-unsaturated/α-hetero) is 1. The molecule has 0 atom stereocenters. The number of carbonyl (C=O) groups is 1. The van der Waals surface area contributed by atoms with E-state index in [0.29, 0.717) is 24.2 Å². The molecule has 0 saturated carbocycles. The van der Waals surface area contributed by atoms with Gasteiger partial charge >= 0.3 is 0 Å². The molecule has 2 aromatic carbocycles. The fourth-order valence-electron chi connectivity index (χ4n) is 3.30. The van der Waals surface area contributed by atoms with Crippen LogP contribution < -0.4 is 4.31 Å². The Morgan fingerprint density at radius 1 is 1.18 bits per heavy atom. The largest absolute Gasteiger partial charge is 0.293 e. The first-order valence-electron chi connectivity index (χ1n) is 8.98. The Morgan fingerprint density at radius 2 is 2.00 bits per heavy atom. The first-order chi connectivity index (χ1) is 13.5. The van der Waals surface area contributed by atoms with Gasteiger partial charge in [-0.3, -0.25) is 9.10 Å². The normalized spacial score (nSPS) is 13.7. The van der Waals surface area contributed by atoms with Crippen LogP contribution in [0.15, 0.2) is 53.8 Å². The highest BCUT2D eigenvalue weighted by Gasteiger charge is 2.28. The summed E-state index contributed by atoms with van der Waals surface area (Å²) in [6, 6.07) is 13.0. The van der Waals surface area contributed by atoms with E-state index in [9.17, 15) is 13.2 Å². The van der Waals surface area contributed by atoms with Crippen LogP contribution in [0.25, 0.3) is 10.9 Å². The van der Waals surface area contributed by atoms with Crippen molar-refractivity contribution in [3.63, 3.8) is 0 Å². The predicted octanol–water partition coefficient (Wildman–Crippen LogP) is 3.32. The van der Waals surface area contributed by atoms with Gasteiger partial charge in [-0.15, -0.1) is 0 Å². The number of ketones is 1. The summed E-state index contributed by atoms with van der Waals surface area (Å²) in [4.78, 5) is 21.2. The Hall–Kier alpha value is -2.45. The lowest BCUT2D eigenvalue weighted by Crippen LogP contribution is -2.30. The van der Waals surface area contributed by atoms with Gasteiger partial charge in [0.15, 0.2) is 5.78 Å². The van der Waals surface area contributed by atoms with Crippen molar-refractivity contribution < 1.29 is 13.2 Å². The molecule has 0 N–H and O–H groups in total. The number of thioether (sulfide) groups is 1. The highest BCUT2D eigenvalue weighted by Crippen LogP contribution is 2.32. The summed E-state index contributed by atoms with van der Waals surface area (Å²) in [5.74, 6) is 0.320. The molecular weight excluding hydrogens is 394 g/mol. The molecule has 0 saturated heterocycles. The second-order valence-corrected chi connectivity index (χ2v) is 9.62. The van der Waals surface area contributed by atoms with E-state index in [2.05, 4.69) is 9.97 Å². The van der Waals surface area contributed by atoms with Gasteiger partial charge < -0.3 is 0 Å². The van der Waals surface area contributed by atoms with Crippen molar-refractivity contribution in [2.75, 3.05) is 22.4 Å². The number of benzene rings is 2. The van der Waals surface area contributed by atoms with Gasteiger partial charge in [-0.2, -0.15) is 0 Å². The molecule has 1 aliphatic heterocycles. The van der Waals surface area contributed by atoms with Crippen LogP contribution in [0.4, 0.5) is 5.69 Å². The van der Waals surface area contributed by atoms with Crippen molar-refractivity contribution in [1.29, 1.82) is 0 Å². The van der Waals surface area contributed by atoms with Crippen LogP contribution >= 0.6 is 11.8 Å². The summed E-state index contributed by atoms with van der Waals surface area (Å²) in [5, 5.41) is 1.71. The lowest BCUT2D eigenvalue weighted by Gasteiger charge is -2.18. The van der Waals surface area contributed by atoms with E-state index in [1.54, 1.807) is 19.1 Å². The van der Waals surface area contributed by atoms with E-state index >= 15 is 0 Å². The topological polar surface area (TPSA) is 80.2 Å². The molecule has 0 aliphatic carbocycles. The third kappa shape index (κ3) is 3.49. The monoisotopic (exact) mass is 413 g/mol. The number of hydrogen-bond acceptors (Lipinski definition) is 6. The van der Waals surface area contributed by atoms with Crippen LogP contribution in [-0.2, 0) is 16.4 Å². The second kappa shape index (κ2) is 7.52. The summed E-state index contributed by atoms with van der Waals surface area (Å²) in [5.41, 5.74) is 3.04. The molecule has 144 valence electrons. The molecule has 0 amide bonds. The van der Waals surface area contributed by atoms with Gasteiger partial charge in [0.05, 0.1) is 22.7 Å². The molecule has 0 spiro atoms. The quantitative estimate of drug-likeness (QED) is 0.350. The van der Waals surface area contributed by atoms with E-state index in [1.165, 1.54) is 22.4 Å². The zero-order chi connectivity index (χ0) is 19.7. The average molecular weight is 414 g/mol. The number of nitrogens with zero attached hydrogens (tertiary/aromatic N) is 3. The zero-order valence-electron chi connectivity index (χ0n) is 15.3. The average Bonchev–Trinajstić information content (AvgIpc) is 3.16. The number of fused-ring (bicyclic) bond motifs is 2. The molecule has 1 aliphatic rings. The Kier molecular flexibility index (Phi) is 5.07. The minimum atomic E-state index is -3.28. The molecule has 2 heterocycles. The summed E-state index contributed by atoms with van der Waals surface area (Å²) in [6.45, 7) is 2.07. The fourth-order valence-corrected chi connectivity index (χ4v) is 5.35. The maximum atomic E-state index is 12.7. The minimum absolute atomic E-state index is 0.00714. The number of para-hydroxylation sites is 1. The van der Waals surface area contributed by atoms with E-state index in [1.807, 2.05) is 30.3 Å². The molecule has 28 heavy (non-hydrogen) atoms. The molecular formula is C20H19N3O3S2. The van der Waals surface area contributed by atoms with Crippen LogP contribution in [0.3, 0.4) is 0 Å². The van der Waals surface area contributed by atoms with Crippen LogP contribution in [0.5, 0.6) is 0 Å². The number of carbonyl (C=O) groups excluding carboxylic acids is 1. The first-order valence-corrected chi connectivity index (χ1v) is 11.6. The van der Waals surface area contributed by atoms with E-state index in [-0.39, 0.29) is 17.3 Å². The maximum Gasteiger partial charge on any atom is 0.234 e. The van der Waals surface area contributed by atoms with E-state index in [0.717, 1.165) is 21.5 Å². The summed E-state index contributed by atoms with van der Waals surface area (Å²) >= 11 is 1.39. The maximum absolute atomic E-state index is 12.7. The molecule has 8 heteroatoms. The zero-order valence-corrected chi connectivity index (χ0v) is 17.0. The van der Waals surface area contributed by atoms with Gasteiger partial charge in [0, 0.05) is 17.5 Å². The SMILES string of the molecule is CCS(=O)(=O)N1CCc2cc(C(=O)CSc3ncnc4ccccc34)ccc21. The van der Waals surface area contributed by atoms with Gasteiger partial charge in [-0.1, -0.05) is 30.0 Å². The fraction of sp³-hybridized carbons (Fsp3) is 0.250. The standard InChI is InChI=1S/C20H19N3O3S2/c1-2-28(25,26)23-10-9-14-11-15(7-8-18(14)23)19(24)12-27-20-16-5-3-4-6-17(16)21-13-22-20/h3-8,11,13H,2,9-10,12H2,1H3. The number of anilines is 1. The van der Waals surface area contributed by atoms with Gasteiger partial charge in [0.2, 0.25) is 10.0 Å². The smallest absolute Gasteiger partial charge is 0.234 e. The molecule has 0 unspecified atom stereocenters. The lowest BCUT2D eigenvalue weighted by molar-refractivity contribution is 0.102. The van der Waals surface area contributed by atoms with Crippen molar-refractivity contribution in [3.8, 4) is 0 Å². The number of hydrogen-bond donors (Lipinski definition) is 0. The van der Waals surface area contributed by atoms with Crippen molar-refractivity contribution in [2.24, 2.45) is 0 Å². The Balaban J connectivity index is 1.52. The molecule has 3 aromatic rings. The van der Waals surface area contributed by atoms with Crippen LogP contribution in [0, 0.1) is 0 Å². The number of rotatable bonds is 6. The minimum Gasteiger partial charge on any atom is -0.293 e. The number of sulfonamides is 1. The molecule has 0 bridgehead atoms. The van der Waals surface area contributed by atoms with Crippen LogP contribution in [0.2, 0.25) is 0 Å². The van der Waals surface area contributed by atoms with Gasteiger partial charge in [-0.05, 0) is 43.2 Å². The molecule has 0 radical (unpaired) electrons. The van der Waals surface area contributed by atoms with E-state index in [4.69, 9.17) is 0 Å². The van der Waals surface area contributed by atoms with E-state index < -0.39 is 10.0 Å². The Labute approximate surface area is 168 Å². The van der Waals surface area contributed by atoms with Gasteiger partial charge in [0.1, 0.15) is 11.4 Å². The first kappa shape index (κ1) is 18.9. The van der Waals surface area contributed by atoms with Crippen molar-refractivity contribution in [2.45, 2.75) is 18.4 Å². The number of aromatic nitrogens is 2. The van der Waals surface area contributed by atoms with Crippen LogP contribution in [0.1, 0.15) is 22.8 Å². The summed E-state index contributed by atoms with van der Waals surface area (Å²) in [7, 11) is -3.28. The third-order valence-corrected chi connectivity index (χ3v) is 7.59. The molecule has 0 fully saturated rings. The van der Waals surface area contributed by atoms with Crippen molar-refractivity contribution in [3.05, 3.63) is 59.9 Å². The second-order valence-electron chi connectivity index (χ2n) is 6.47. The predicted molar refractivity (Wildman–Crippen MR) is 112 cm³/mol. The highest BCUT2D eigenvalue weighted by molar-refractivity contribution is 8.00. The van der Waals surface area contributed by atoms with Gasteiger partial charge in [0.25, 0.3) is 0 Å². The molecule has 4 rings (SSSR count).